The van der Waals surface area contributed by atoms with E-state index in [0.29, 0.717) is 20.6 Å². The standard InChI is InChI=1S/C10H8BrFN4S/c1-6-14-15-10(17)16(6)13-5-7-2-3-8(11)4-9(7)12/h2-5H,1H3,(H,15,17). The van der Waals surface area contributed by atoms with E-state index < -0.39 is 0 Å². The maximum atomic E-state index is 13.5. The molecule has 1 aromatic carbocycles. The molecule has 0 bridgehead atoms. The molecule has 0 aliphatic rings. The summed E-state index contributed by atoms with van der Waals surface area (Å²) in [7, 11) is 0. The summed E-state index contributed by atoms with van der Waals surface area (Å²) >= 11 is 8.16. The first-order chi connectivity index (χ1) is 8.08. The van der Waals surface area contributed by atoms with Crippen molar-refractivity contribution in [3.63, 3.8) is 0 Å². The molecule has 1 heterocycles. The number of aromatic amines is 1. The largest absolute Gasteiger partial charge is 0.250 e. The van der Waals surface area contributed by atoms with Gasteiger partial charge in [-0.25, -0.2) is 4.39 Å². The maximum absolute atomic E-state index is 13.5. The van der Waals surface area contributed by atoms with Crippen molar-refractivity contribution in [2.45, 2.75) is 6.92 Å². The van der Waals surface area contributed by atoms with Crippen LogP contribution in [0, 0.1) is 17.5 Å². The summed E-state index contributed by atoms with van der Waals surface area (Å²) in [6.07, 6.45) is 1.40. The highest BCUT2D eigenvalue weighted by Gasteiger charge is 2.01. The van der Waals surface area contributed by atoms with Gasteiger partial charge in [0, 0.05) is 10.0 Å². The smallest absolute Gasteiger partial charge is 0.216 e. The molecule has 17 heavy (non-hydrogen) atoms. The molecule has 4 nitrogen and oxygen atoms in total. The average molecular weight is 315 g/mol. The molecule has 0 aliphatic heterocycles. The predicted molar refractivity (Wildman–Crippen MR) is 69.2 cm³/mol. The van der Waals surface area contributed by atoms with Crippen LogP contribution >= 0.6 is 28.1 Å². The normalized spacial score (nSPS) is 11.2. The van der Waals surface area contributed by atoms with Gasteiger partial charge >= 0.3 is 0 Å². The molecular weight excluding hydrogens is 307 g/mol. The first-order valence-corrected chi connectivity index (χ1v) is 5.91. The van der Waals surface area contributed by atoms with Crippen molar-refractivity contribution >= 4 is 34.4 Å². The summed E-state index contributed by atoms with van der Waals surface area (Å²) < 4.78 is 16.0. The van der Waals surface area contributed by atoms with Crippen LogP contribution in [0.25, 0.3) is 0 Å². The second kappa shape index (κ2) is 4.89. The van der Waals surface area contributed by atoms with Gasteiger partial charge in [0.1, 0.15) is 11.6 Å². The number of halogens is 2. The lowest BCUT2D eigenvalue weighted by Gasteiger charge is -1.98. The molecule has 0 saturated heterocycles. The summed E-state index contributed by atoms with van der Waals surface area (Å²) in [4.78, 5) is 0. The Labute approximate surface area is 110 Å². The second-order valence-electron chi connectivity index (χ2n) is 3.30. The zero-order chi connectivity index (χ0) is 12.4. The molecule has 1 aromatic heterocycles. The van der Waals surface area contributed by atoms with E-state index in [1.54, 1.807) is 19.1 Å². The molecule has 0 fully saturated rings. The van der Waals surface area contributed by atoms with Crippen LogP contribution in [0.15, 0.2) is 27.8 Å². The van der Waals surface area contributed by atoms with Gasteiger partial charge in [-0.05, 0) is 37.3 Å². The minimum atomic E-state index is -0.351. The first kappa shape index (κ1) is 12.1. The van der Waals surface area contributed by atoms with Crippen molar-refractivity contribution in [1.82, 2.24) is 14.9 Å². The zero-order valence-corrected chi connectivity index (χ0v) is 11.2. The van der Waals surface area contributed by atoms with Crippen molar-refractivity contribution in [2.24, 2.45) is 5.10 Å². The van der Waals surface area contributed by atoms with Crippen molar-refractivity contribution < 1.29 is 4.39 Å². The quantitative estimate of drug-likeness (QED) is 0.684. The fourth-order valence-electron chi connectivity index (χ4n) is 1.23. The van der Waals surface area contributed by atoms with E-state index in [0.717, 1.165) is 0 Å². The van der Waals surface area contributed by atoms with E-state index in [-0.39, 0.29) is 5.82 Å². The van der Waals surface area contributed by atoms with Crippen LogP contribution in [-0.4, -0.2) is 21.1 Å². The van der Waals surface area contributed by atoms with Gasteiger partial charge in [0.05, 0.1) is 6.21 Å². The monoisotopic (exact) mass is 314 g/mol. The van der Waals surface area contributed by atoms with Gasteiger partial charge in [0.25, 0.3) is 0 Å². The predicted octanol–water partition coefficient (Wildman–Crippen LogP) is 3.03. The SMILES string of the molecule is Cc1n[nH]c(=S)n1N=Cc1ccc(Br)cc1F. The van der Waals surface area contributed by atoms with Crippen molar-refractivity contribution in [2.75, 3.05) is 0 Å². The molecule has 0 spiro atoms. The molecule has 2 aromatic rings. The van der Waals surface area contributed by atoms with E-state index >= 15 is 0 Å². The third-order valence-electron chi connectivity index (χ3n) is 2.09. The molecule has 1 N–H and O–H groups in total. The van der Waals surface area contributed by atoms with Crippen LogP contribution in [0.3, 0.4) is 0 Å². The number of rotatable bonds is 2. The Kier molecular flexibility index (Phi) is 3.49. The number of hydrogen-bond donors (Lipinski definition) is 1. The molecule has 0 saturated carbocycles. The molecule has 0 aliphatic carbocycles. The number of benzene rings is 1. The molecule has 2 rings (SSSR count). The lowest BCUT2D eigenvalue weighted by molar-refractivity contribution is 0.624. The highest BCUT2D eigenvalue weighted by molar-refractivity contribution is 9.10. The van der Waals surface area contributed by atoms with Crippen molar-refractivity contribution in [3.05, 3.63) is 44.6 Å². The van der Waals surface area contributed by atoms with Crippen LogP contribution in [0.4, 0.5) is 4.39 Å². The molecular formula is C10H8BrFN4S. The Morgan fingerprint density at radius 1 is 1.59 bits per heavy atom. The number of nitrogens with zero attached hydrogens (tertiary/aromatic N) is 3. The summed E-state index contributed by atoms with van der Waals surface area (Å²) in [5, 5.41) is 10.6. The number of hydrogen-bond acceptors (Lipinski definition) is 3. The van der Waals surface area contributed by atoms with Crippen molar-refractivity contribution in [1.29, 1.82) is 0 Å². The molecule has 7 heteroatoms. The van der Waals surface area contributed by atoms with Gasteiger partial charge in [-0.2, -0.15) is 14.9 Å². The Bertz CT molecular complexity index is 631. The third kappa shape index (κ3) is 2.67. The summed E-state index contributed by atoms with van der Waals surface area (Å²) in [6.45, 7) is 1.75. The van der Waals surface area contributed by atoms with Crippen LogP contribution < -0.4 is 0 Å². The fraction of sp³-hybridized carbons (Fsp3) is 0.100. The Hall–Kier alpha value is -1.34. The number of aromatic nitrogens is 3. The fourth-order valence-corrected chi connectivity index (χ4v) is 1.79. The first-order valence-electron chi connectivity index (χ1n) is 4.71. The number of aryl methyl sites for hydroxylation is 1. The number of H-pyrrole nitrogens is 1. The molecule has 0 radical (unpaired) electrons. The van der Waals surface area contributed by atoms with E-state index in [9.17, 15) is 4.39 Å². The lowest BCUT2D eigenvalue weighted by Crippen LogP contribution is -1.95. The topological polar surface area (TPSA) is 46.0 Å². The Balaban J connectivity index is 2.36. The second-order valence-corrected chi connectivity index (χ2v) is 4.60. The average Bonchev–Trinajstić information content (AvgIpc) is 2.58. The molecule has 88 valence electrons. The van der Waals surface area contributed by atoms with Crippen LogP contribution in [-0.2, 0) is 0 Å². The highest BCUT2D eigenvalue weighted by atomic mass is 79.9. The third-order valence-corrected chi connectivity index (χ3v) is 2.84. The lowest BCUT2D eigenvalue weighted by atomic mass is 10.2. The van der Waals surface area contributed by atoms with E-state index in [1.165, 1.54) is 17.0 Å². The minimum Gasteiger partial charge on any atom is -0.250 e. The summed E-state index contributed by atoms with van der Waals surface area (Å²) in [5.41, 5.74) is 0.385. The highest BCUT2D eigenvalue weighted by Crippen LogP contribution is 2.13. The van der Waals surface area contributed by atoms with Crippen molar-refractivity contribution in [3.8, 4) is 0 Å². The summed E-state index contributed by atoms with van der Waals surface area (Å²) in [5.74, 6) is 0.263. The van der Waals surface area contributed by atoms with Gasteiger partial charge < -0.3 is 0 Å². The molecule has 0 unspecified atom stereocenters. The van der Waals surface area contributed by atoms with Gasteiger partial charge in [-0.15, -0.1) is 0 Å². The van der Waals surface area contributed by atoms with Gasteiger partial charge in [0.2, 0.25) is 4.77 Å². The van der Waals surface area contributed by atoms with Crippen LogP contribution in [0.2, 0.25) is 0 Å². The van der Waals surface area contributed by atoms with E-state index in [4.69, 9.17) is 12.2 Å². The maximum Gasteiger partial charge on any atom is 0.216 e. The van der Waals surface area contributed by atoms with Gasteiger partial charge in [-0.1, -0.05) is 15.9 Å². The Morgan fingerprint density at radius 3 is 2.94 bits per heavy atom. The van der Waals surface area contributed by atoms with Crippen LogP contribution in [0.1, 0.15) is 11.4 Å². The van der Waals surface area contributed by atoms with Crippen LogP contribution in [0.5, 0.6) is 0 Å². The Morgan fingerprint density at radius 2 is 2.35 bits per heavy atom. The van der Waals surface area contributed by atoms with Gasteiger partial charge in [0.15, 0.2) is 0 Å². The minimum absolute atomic E-state index is 0.351. The number of nitrogens with one attached hydrogen (secondary N) is 1. The molecule has 0 atom stereocenters. The van der Waals surface area contributed by atoms with E-state index in [1.807, 2.05) is 0 Å². The van der Waals surface area contributed by atoms with Gasteiger partial charge in [-0.3, -0.25) is 5.10 Å². The zero-order valence-electron chi connectivity index (χ0n) is 8.82. The van der Waals surface area contributed by atoms with E-state index in [2.05, 4.69) is 31.2 Å². The summed E-state index contributed by atoms with van der Waals surface area (Å²) in [6, 6.07) is 4.75. The molecule has 0 amide bonds.